The third kappa shape index (κ3) is 3.48. The van der Waals surface area contributed by atoms with Gasteiger partial charge in [0.2, 0.25) is 5.88 Å². The van der Waals surface area contributed by atoms with Crippen molar-refractivity contribution in [2.24, 2.45) is 0 Å². The van der Waals surface area contributed by atoms with Crippen molar-refractivity contribution >= 4 is 5.69 Å². The van der Waals surface area contributed by atoms with E-state index in [1.54, 1.807) is 6.92 Å². The lowest BCUT2D eigenvalue weighted by Crippen LogP contribution is -2.47. The molecule has 10 heteroatoms. The maximum absolute atomic E-state index is 12.4. The van der Waals surface area contributed by atoms with E-state index in [2.05, 4.69) is 9.84 Å². The lowest BCUT2D eigenvalue weighted by Gasteiger charge is -2.24. The minimum atomic E-state index is -5.60. The van der Waals surface area contributed by atoms with Crippen molar-refractivity contribution in [3.05, 3.63) is 5.69 Å². The van der Waals surface area contributed by atoms with Gasteiger partial charge in [-0.25, -0.2) is 4.68 Å². The van der Waals surface area contributed by atoms with Crippen LogP contribution in [0.4, 0.5) is 32.0 Å². The van der Waals surface area contributed by atoms with Crippen molar-refractivity contribution in [2.45, 2.75) is 45.3 Å². The molecule has 0 radical (unpaired) electrons. The van der Waals surface area contributed by atoms with Crippen LogP contribution in [0.5, 0.6) is 5.88 Å². The van der Waals surface area contributed by atoms with Crippen LogP contribution in [0.2, 0.25) is 0 Å². The van der Waals surface area contributed by atoms with Gasteiger partial charge in [0.25, 0.3) is 6.10 Å². The van der Waals surface area contributed by atoms with Crippen molar-refractivity contribution in [1.82, 2.24) is 9.78 Å². The number of nitrogen functional groups attached to an aromatic ring is 1. The topological polar surface area (TPSA) is 53.1 Å². The van der Waals surface area contributed by atoms with Crippen LogP contribution in [0.3, 0.4) is 0 Å². The van der Waals surface area contributed by atoms with Crippen LogP contribution in [-0.2, 0) is 6.54 Å². The predicted octanol–water partition coefficient (Wildman–Crippen LogP) is 3.06. The monoisotopic (exact) mass is 305 g/mol. The number of hydrogen-bond donors (Lipinski definition) is 1. The smallest absolute Gasteiger partial charge is 0.434 e. The van der Waals surface area contributed by atoms with Crippen molar-refractivity contribution in [3.8, 4) is 5.88 Å². The number of aryl methyl sites for hydroxylation is 2. The second-order valence-electron chi connectivity index (χ2n) is 4.11. The van der Waals surface area contributed by atoms with Gasteiger partial charge in [0.15, 0.2) is 0 Å². The molecule has 0 spiro atoms. The second kappa shape index (κ2) is 5.41. The molecule has 1 heterocycles. The molecule has 1 aromatic heterocycles. The average molecular weight is 305 g/mol. The Morgan fingerprint density at radius 2 is 1.70 bits per heavy atom. The molecule has 0 aliphatic carbocycles. The summed E-state index contributed by atoms with van der Waals surface area (Å²) in [6.45, 7) is 3.14. The third-order valence-corrected chi connectivity index (χ3v) is 2.38. The Kier molecular flexibility index (Phi) is 4.45. The van der Waals surface area contributed by atoms with Gasteiger partial charge in [-0.05, 0) is 13.3 Å². The molecule has 0 aliphatic rings. The van der Waals surface area contributed by atoms with E-state index in [0.717, 1.165) is 4.68 Å². The van der Waals surface area contributed by atoms with Crippen LogP contribution < -0.4 is 10.5 Å². The standard InChI is InChI=1S/C10H13F6N3O/c1-3-4-19-7(6(17)5(2)18-19)20-8(9(11,12)13)10(14,15)16/h8H,3-4,17H2,1-2H3. The average Bonchev–Trinajstić information content (AvgIpc) is 2.49. The highest BCUT2D eigenvalue weighted by Crippen LogP contribution is 2.38. The number of aromatic nitrogens is 2. The molecule has 0 aliphatic heterocycles. The summed E-state index contributed by atoms with van der Waals surface area (Å²) >= 11 is 0. The third-order valence-electron chi connectivity index (χ3n) is 2.38. The summed E-state index contributed by atoms with van der Waals surface area (Å²) in [5.41, 5.74) is 5.20. The Balaban J connectivity index is 3.18. The van der Waals surface area contributed by atoms with Gasteiger partial charge in [0.1, 0.15) is 5.69 Å². The van der Waals surface area contributed by atoms with Gasteiger partial charge in [0.05, 0.1) is 5.69 Å². The number of halogens is 6. The Hall–Kier alpha value is -1.61. The molecule has 0 saturated heterocycles. The van der Waals surface area contributed by atoms with E-state index in [1.807, 2.05) is 0 Å². The molecule has 20 heavy (non-hydrogen) atoms. The molecular weight excluding hydrogens is 292 g/mol. The van der Waals surface area contributed by atoms with Crippen molar-refractivity contribution < 1.29 is 31.1 Å². The Labute approximate surface area is 110 Å². The van der Waals surface area contributed by atoms with Gasteiger partial charge >= 0.3 is 12.4 Å². The molecule has 2 N–H and O–H groups in total. The van der Waals surface area contributed by atoms with Gasteiger partial charge in [0, 0.05) is 6.54 Å². The molecular formula is C10H13F6N3O. The zero-order valence-electron chi connectivity index (χ0n) is 10.6. The molecule has 0 saturated carbocycles. The normalized spacial score (nSPS) is 13.1. The predicted molar refractivity (Wildman–Crippen MR) is 58.2 cm³/mol. The van der Waals surface area contributed by atoms with E-state index in [9.17, 15) is 26.3 Å². The summed E-state index contributed by atoms with van der Waals surface area (Å²) in [5, 5.41) is 3.75. The van der Waals surface area contributed by atoms with Crippen LogP contribution in [0.15, 0.2) is 0 Å². The number of alkyl halides is 6. The maximum Gasteiger partial charge on any atom is 0.434 e. The first-order valence-electron chi connectivity index (χ1n) is 5.61. The summed E-state index contributed by atoms with van der Waals surface area (Å²) in [6.07, 6.45) is -14.7. The second-order valence-corrected chi connectivity index (χ2v) is 4.11. The number of nitrogens with zero attached hydrogens (tertiary/aromatic N) is 2. The van der Waals surface area contributed by atoms with Crippen LogP contribution in [0.1, 0.15) is 19.0 Å². The van der Waals surface area contributed by atoms with Gasteiger partial charge in [-0.3, -0.25) is 0 Å². The molecule has 0 atom stereocenters. The summed E-state index contributed by atoms with van der Waals surface area (Å²) in [5.74, 6) is -0.719. The minimum absolute atomic E-state index is 0.0931. The molecule has 4 nitrogen and oxygen atoms in total. The van der Waals surface area contributed by atoms with E-state index >= 15 is 0 Å². The molecule has 0 aromatic carbocycles. The van der Waals surface area contributed by atoms with Gasteiger partial charge in [-0.2, -0.15) is 31.4 Å². The molecule has 1 rings (SSSR count). The quantitative estimate of drug-likeness (QED) is 0.870. The van der Waals surface area contributed by atoms with Crippen LogP contribution in [0, 0.1) is 6.92 Å². The number of rotatable bonds is 4. The fourth-order valence-corrected chi connectivity index (χ4v) is 1.49. The molecule has 1 aromatic rings. The number of nitrogens with two attached hydrogens (primary N) is 1. The number of anilines is 1. The zero-order valence-corrected chi connectivity index (χ0v) is 10.6. The van der Waals surface area contributed by atoms with E-state index < -0.39 is 24.3 Å². The highest BCUT2D eigenvalue weighted by Gasteiger charge is 2.59. The van der Waals surface area contributed by atoms with E-state index in [-0.39, 0.29) is 17.9 Å². The molecule has 0 fully saturated rings. The van der Waals surface area contributed by atoms with Crippen molar-refractivity contribution in [1.29, 1.82) is 0 Å². The Bertz CT molecular complexity index is 451. The minimum Gasteiger partial charge on any atom is -0.453 e. The molecule has 0 amide bonds. The maximum atomic E-state index is 12.4. The summed E-state index contributed by atoms with van der Waals surface area (Å²) in [4.78, 5) is 0. The van der Waals surface area contributed by atoms with Crippen molar-refractivity contribution in [3.63, 3.8) is 0 Å². The van der Waals surface area contributed by atoms with Crippen LogP contribution in [0.25, 0.3) is 0 Å². The highest BCUT2D eigenvalue weighted by atomic mass is 19.4. The van der Waals surface area contributed by atoms with Crippen molar-refractivity contribution in [2.75, 3.05) is 5.73 Å². The number of hydrogen-bond acceptors (Lipinski definition) is 3. The Morgan fingerprint density at radius 1 is 1.20 bits per heavy atom. The lowest BCUT2D eigenvalue weighted by atomic mass is 10.3. The fourth-order valence-electron chi connectivity index (χ4n) is 1.49. The van der Waals surface area contributed by atoms with E-state index in [4.69, 9.17) is 5.73 Å². The van der Waals surface area contributed by atoms with Crippen LogP contribution in [-0.4, -0.2) is 28.2 Å². The lowest BCUT2D eigenvalue weighted by molar-refractivity contribution is -0.300. The SMILES string of the molecule is CCCn1nc(C)c(N)c1OC(C(F)(F)F)C(F)(F)F. The largest absolute Gasteiger partial charge is 0.453 e. The van der Waals surface area contributed by atoms with Gasteiger partial charge in [-0.15, -0.1) is 0 Å². The first kappa shape index (κ1) is 16.4. The molecule has 0 bridgehead atoms. The van der Waals surface area contributed by atoms with Gasteiger partial charge < -0.3 is 10.5 Å². The van der Waals surface area contributed by atoms with E-state index in [0.29, 0.717) is 6.42 Å². The summed E-state index contributed by atoms with van der Waals surface area (Å²) < 4.78 is 79.7. The van der Waals surface area contributed by atoms with Gasteiger partial charge in [-0.1, -0.05) is 6.92 Å². The molecule has 116 valence electrons. The van der Waals surface area contributed by atoms with Crippen LogP contribution >= 0.6 is 0 Å². The zero-order chi connectivity index (χ0) is 15.7. The fraction of sp³-hybridized carbons (Fsp3) is 0.700. The summed E-state index contributed by atoms with van der Waals surface area (Å²) in [6, 6.07) is 0. The first-order chi connectivity index (χ1) is 8.98. The van der Waals surface area contributed by atoms with E-state index in [1.165, 1.54) is 6.92 Å². The summed E-state index contributed by atoms with van der Waals surface area (Å²) in [7, 11) is 0. The first-order valence-corrected chi connectivity index (χ1v) is 5.61. The number of ether oxygens (including phenoxy) is 1. The highest BCUT2D eigenvalue weighted by molar-refractivity contribution is 5.52. The Morgan fingerprint density at radius 3 is 2.10 bits per heavy atom. The molecule has 0 unspecified atom stereocenters.